The lowest BCUT2D eigenvalue weighted by Gasteiger charge is -2.61. The van der Waals surface area contributed by atoms with Gasteiger partial charge < -0.3 is 37.9 Å². The van der Waals surface area contributed by atoms with Gasteiger partial charge in [0.15, 0.2) is 24.6 Å². The molecule has 3 rings (SSSR count). The van der Waals surface area contributed by atoms with E-state index in [1.54, 1.807) is 32.9 Å². The van der Waals surface area contributed by atoms with E-state index in [0.29, 0.717) is 31.3 Å². The fourth-order valence-corrected chi connectivity index (χ4v) is 8.65. The third-order valence-corrected chi connectivity index (χ3v) is 11.2. The van der Waals surface area contributed by atoms with Gasteiger partial charge in [-0.15, -0.1) is 0 Å². The van der Waals surface area contributed by atoms with E-state index in [4.69, 9.17) is 37.9 Å². The molecule has 55 heavy (non-hydrogen) atoms. The molecule has 3 aliphatic rings. The number of carbonyl (C=O) groups excluding carboxylic acids is 6. The lowest BCUT2D eigenvalue weighted by molar-refractivity contribution is -0.329. The molecule has 1 saturated carbocycles. The molecular weight excluding hydrogens is 716 g/mol. The fourth-order valence-electron chi connectivity index (χ4n) is 8.65. The first-order valence-electron chi connectivity index (χ1n) is 18.9. The predicted molar refractivity (Wildman–Crippen MR) is 198 cm³/mol. The second-order valence-electron chi connectivity index (χ2n) is 15.7. The summed E-state index contributed by atoms with van der Waals surface area (Å²) < 4.78 is 46.8. The van der Waals surface area contributed by atoms with Crippen molar-refractivity contribution in [3.63, 3.8) is 0 Å². The van der Waals surface area contributed by atoms with Crippen LogP contribution in [-0.2, 0) is 66.7 Å². The van der Waals surface area contributed by atoms with E-state index in [0.717, 1.165) is 5.57 Å². The van der Waals surface area contributed by atoms with Gasteiger partial charge in [0.05, 0.1) is 12.2 Å². The molecule has 10 unspecified atom stereocenters. The maximum atomic E-state index is 13.5. The van der Waals surface area contributed by atoms with Gasteiger partial charge in [-0.05, 0) is 82.3 Å². The van der Waals surface area contributed by atoms with Crippen molar-refractivity contribution in [1.29, 1.82) is 0 Å². The molecule has 0 N–H and O–H groups in total. The highest BCUT2D eigenvalue weighted by Gasteiger charge is 2.62. The van der Waals surface area contributed by atoms with Crippen LogP contribution in [0.3, 0.4) is 0 Å². The van der Waals surface area contributed by atoms with Gasteiger partial charge in [0, 0.05) is 45.6 Å². The monoisotopic (exact) mass is 776 g/mol. The van der Waals surface area contributed by atoms with Crippen molar-refractivity contribution in [1.82, 2.24) is 0 Å². The molecule has 10 atom stereocenters. The summed E-state index contributed by atoms with van der Waals surface area (Å²) in [4.78, 5) is 73.7. The molecule has 0 amide bonds. The smallest absolute Gasteiger partial charge is 0.333 e. The molecule has 0 bridgehead atoms. The Hall–Kier alpha value is -4.04. The van der Waals surface area contributed by atoms with E-state index >= 15 is 0 Å². The topological polar surface area (TPSA) is 176 Å². The standard InChI is InChI=1S/C41H60O14/c1-13-22(2)38(47)55-37-32(54-39-36(53-29(9)46)35(52-28(8)45)34(24(4)50-39)51-27(7)44)20-41(12)31(23(3)14-17-33(41)40(37,10)11)16-15-30(21-49-26(6)43)18-19-48-25(5)42/h13-14,18,24,31-37,39H,15-17,19-21H2,1-12H3. The van der Waals surface area contributed by atoms with Crippen LogP contribution in [0.25, 0.3) is 0 Å². The molecule has 2 fully saturated rings. The minimum absolute atomic E-state index is 0.00295. The first kappa shape index (κ1) is 45.4. The van der Waals surface area contributed by atoms with Gasteiger partial charge in [-0.25, -0.2) is 4.79 Å². The Morgan fingerprint density at radius 1 is 0.818 bits per heavy atom. The number of hydrogen-bond donors (Lipinski definition) is 0. The normalized spacial score (nSPS) is 31.9. The van der Waals surface area contributed by atoms with Crippen LogP contribution in [0.5, 0.6) is 0 Å². The highest BCUT2D eigenvalue weighted by molar-refractivity contribution is 5.87. The molecule has 1 heterocycles. The highest BCUT2D eigenvalue weighted by Crippen LogP contribution is 2.62. The molecule has 0 radical (unpaired) electrons. The number of rotatable bonds is 14. The third-order valence-electron chi connectivity index (χ3n) is 11.2. The van der Waals surface area contributed by atoms with Crippen LogP contribution in [0, 0.1) is 22.7 Å². The number of allylic oxidation sites excluding steroid dienone is 3. The van der Waals surface area contributed by atoms with E-state index < -0.39 is 89.6 Å². The molecule has 14 nitrogen and oxygen atoms in total. The van der Waals surface area contributed by atoms with E-state index in [9.17, 15) is 28.8 Å². The average Bonchev–Trinajstić information content (AvgIpc) is 3.06. The summed E-state index contributed by atoms with van der Waals surface area (Å²) in [5.41, 5.74) is 1.25. The van der Waals surface area contributed by atoms with Crippen molar-refractivity contribution in [3.8, 4) is 0 Å². The Bertz CT molecular complexity index is 1540. The van der Waals surface area contributed by atoms with Crippen LogP contribution in [-0.4, -0.2) is 91.9 Å². The molecule has 0 aromatic carbocycles. The SMILES string of the molecule is CC=C(C)C(=O)OC1C(OC2OC(C)C(OC(C)=O)C(OC(C)=O)C2OC(C)=O)CC2(C)C(CCC(=CCOC(C)=O)COC(C)=O)C(C)=CCC2C1(C)C. The second-order valence-corrected chi connectivity index (χ2v) is 15.7. The molecular formula is C41H60O14. The molecule has 0 aromatic rings. The summed E-state index contributed by atoms with van der Waals surface area (Å²) in [6.45, 7) is 19.8. The van der Waals surface area contributed by atoms with E-state index in [2.05, 4.69) is 33.8 Å². The van der Waals surface area contributed by atoms with E-state index in [1.807, 2.05) is 0 Å². The Labute approximate surface area is 324 Å². The summed E-state index contributed by atoms with van der Waals surface area (Å²) in [5.74, 6) is -3.44. The van der Waals surface area contributed by atoms with Crippen LogP contribution in [0.2, 0.25) is 0 Å². The van der Waals surface area contributed by atoms with Crippen LogP contribution in [0.15, 0.2) is 34.9 Å². The zero-order valence-corrected chi connectivity index (χ0v) is 34.4. The summed E-state index contributed by atoms with van der Waals surface area (Å²) in [6.07, 6.45) is 0.398. The number of carbonyl (C=O) groups is 6. The van der Waals surface area contributed by atoms with E-state index in [1.165, 1.54) is 40.2 Å². The van der Waals surface area contributed by atoms with Gasteiger partial charge in [-0.1, -0.05) is 38.5 Å². The van der Waals surface area contributed by atoms with Crippen molar-refractivity contribution in [2.75, 3.05) is 13.2 Å². The highest BCUT2D eigenvalue weighted by atomic mass is 16.7. The quantitative estimate of drug-likeness (QED) is 0.0917. The fraction of sp³-hybridized carbons (Fsp3) is 0.707. The summed E-state index contributed by atoms with van der Waals surface area (Å²) in [6, 6.07) is 0. The molecule has 0 aromatic heterocycles. The largest absolute Gasteiger partial charge is 0.462 e. The zero-order chi connectivity index (χ0) is 41.4. The van der Waals surface area contributed by atoms with Crippen LogP contribution in [0.4, 0.5) is 0 Å². The Balaban J connectivity index is 2.11. The van der Waals surface area contributed by atoms with Crippen molar-refractivity contribution in [2.45, 2.75) is 152 Å². The van der Waals surface area contributed by atoms with Crippen LogP contribution in [0.1, 0.15) is 109 Å². The predicted octanol–water partition coefficient (Wildman–Crippen LogP) is 5.64. The lowest BCUT2D eigenvalue weighted by atomic mass is 9.46. The maximum Gasteiger partial charge on any atom is 0.333 e. The number of ether oxygens (including phenoxy) is 8. The molecule has 1 saturated heterocycles. The summed E-state index contributed by atoms with van der Waals surface area (Å²) in [5, 5.41) is 0. The summed E-state index contributed by atoms with van der Waals surface area (Å²) >= 11 is 0. The molecule has 14 heteroatoms. The van der Waals surface area contributed by atoms with E-state index in [-0.39, 0.29) is 25.0 Å². The van der Waals surface area contributed by atoms with Crippen molar-refractivity contribution >= 4 is 35.8 Å². The van der Waals surface area contributed by atoms with Gasteiger partial charge in [0.2, 0.25) is 0 Å². The van der Waals surface area contributed by atoms with Gasteiger partial charge in [-0.3, -0.25) is 24.0 Å². The first-order valence-corrected chi connectivity index (χ1v) is 18.9. The van der Waals surface area contributed by atoms with Crippen molar-refractivity contribution in [3.05, 3.63) is 34.9 Å². The molecule has 0 spiro atoms. The Morgan fingerprint density at radius 2 is 1.40 bits per heavy atom. The minimum Gasteiger partial charge on any atom is -0.462 e. The van der Waals surface area contributed by atoms with Gasteiger partial charge >= 0.3 is 35.8 Å². The Kier molecular flexibility index (Phi) is 15.8. The third kappa shape index (κ3) is 11.5. The zero-order valence-electron chi connectivity index (χ0n) is 34.4. The van der Waals surface area contributed by atoms with Gasteiger partial charge in [-0.2, -0.15) is 0 Å². The minimum atomic E-state index is -1.35. The number of esters is 6. The van der Waals surface area contributed by atoms with Crippen molar-refractivity contribution in [2.24, 2.45) is 22.7 Å². The first-order chi connectivity index (χ1) is 25.6. The van der Waals surface area contributed by atoms with Gasteiger partial charge in [0.1, 0.15) is 19.3 Å². The maximum absolute atomic E-state index is 13.5. The molecule has 308 valence electrons. The number of hydrogen-bond acceptors (Lipinski definition) is 14. The number of fused-ring (bicyclic) bond motifs is 1. The summed E-state index contributed by atoms with van der Waals surface area (Å²) in [7, 11) is 0. The molecule has 2 aliphatic carbocycles. The van der Waals surface area contributed by atoms with Crippen molar-refractivity contribution < 1.29 is 66.7 Å². The Morgan fingerprint density at radius 3 is 1.96 bits per heavy atom. The molecule has 1 aliphatic heterocycles. The van der Waals surface area contributed by atoms with Crippen LogP contribution < -0.4 is 0 Å². The lowest BCUT2D eigenvalue weighted by Crippen LogP contribution is -2.65. The van der Waals surface area contributed by atoms with Gasteiger partial charge in [0.25, 0.3) is 0 Å². The average molecular weight is 777 g/mol. The van der Waals surface area contributed by atoms with Crippen LogP contribution >= 0.6 is 0 Å². The second kappa shape index (κ2) is 19.2.